The first kappa shape index (κ1) is 44.9. The number of hydrogen-bond acceptors (Lipinski definition) is 9. The van der Waals surface area contributed by atoms with Crippen molar-refractivity contribution in [1.82, 2.24) is 19.6 Å². The summed E-state index contributed by atoms with van der Waals surface area (Å²) in [4.78, 5) is 4.52. The van der Waals surface area contributed by atoms with Crippen LogP contribution in [0.25, 0.3) is 59.0 Å². The Kier molecular flexibility index (Phi) is 13.0. The molecular weight excluding hydrogens is 900 g/mol. The van der Waals surface area contributed by atoms with Crippen molar-refractivity contribution in [2.75, 3.05) is 19.6 Å². The molecule has 0 unspecified atom stereocenters. The first-order chi connectivity index (χ1) is 29.3. The highest BCUT2D eigenvalue weighted by molar-refractivity contribution is 7.91. The average Bonchev–Trinajstić information content (AvgIpc) is 4.07. The van der Waals surface area contributed by atoms with Crippen LogP contribution in [0.1, 0.15) is 32.2 Å². The van der Waals surface area contributed by atoms with Crippen molar-refractivity contribution in [1.29, 1.82) is 0 Å². The summed E-state index contributed by atoms with van der Waals surface area (Å²) in [6.07, 6.45) is 2.43. The Bertz CT molecular complexity index is 3180. The fourth-order valence-electron chi connectivity index (χ4n) is 6.36. The van der Waals surface area contributed by atoms with Crippen molar-refractivity contribution in [3.8, 4) is 53.4 Å². The third-order valence-electron chi connectivity index (χ3n) is 9.95. The van der Waals surface area contributed by atoms with Crippen LogP contribution in [0.15, 0.2) is 150 Å². The van der Waals surface area contributed by atoms with Crippen LogP contribution in [0.5, 0.6) is 0 Å². The molecule has 0 fully saturated rings. The van der Waals surface area contributed by atoms with E-state index < -0.39 is 25.3 Å². The van der Waals surface area contributed by atoms with E-state index in [9.17, 15) is 16.8 Å². The maximum Gasteiger partial charge on any atom is 0.175 e. The zero-order valence-corrected chi connectivity index (χ0v) is 39.4. The summed E-state index contributed by atoms with van der Waals surface area (Å²) in [5, 5.41) is 10.7. The first-order valence-corrected chi connectivity index (χ1v) is 25.2. The molecule has 62 heavy (non-hydrogen) atoms. The number of methoxy groups -OCH3 is 1. The lowest BCUT2D eigenvalue weighted by Gasteiger charge is -2.19. The predicted molar refractivity (Wildman–Crippen MR) is 256 cm³/mol. The van der Waals surface area contributed by atoms with Crippen molar-refractivity contribution < 1.29 is 21.6 Å². The number of ether oxygens (including phenoxy) is 1. The van der Waals surface area contributed by atoms with Gasteiger partial charge in [0.25, 0.3) is 0 Å². The van der Waals surface area contributed by atoms with E-state index in [2.05, 4.69) is 6.58 Å². The van der Waals surface area contributed by atoms with E-state index in [-0.39, 0.29) is 0 Å². The van der Waals surface area contributed by atoms with Crippen LogP contribution in [0.3, 0.4) is 0 Å². The van der Waals surface area contributed by atoms with Crippen LogP contribution in [0.4, 0.5) is 0 Å². The summed E-state index contributed by atoms with van der Waals surface area (Å²) in [6.45, 7) is 9.86. The van der Waals surface area contributed by atoms with Gasteiger partial charge in [-0.25, -0.2) is 26.2 Å². The Labute approximate surface area is 380 Å². The second-order valence-corrected chi connectivity index (χ2v) is 22.0. The second kappa shape index (κ2) is 17.9. The normalized spacial score (nSPS) is 11.9. The lowest BCUT2D eigenvalue weighted by atomic mass is 10.1. The van der Waals surface area contributed by atoms with E-state index >= 15 is 0 Å². The zero-order valence-electron chi connectivity index (χ0n) is 34.6. The van der Waals surface area contributed by atoms with Crippen LogP contribution in [0.2, 0.25) is 10.0 Å². The molecule has 4 aromatic carbocycles. The van der Waals surface area contributed by atoms with Gasteiger partial charge in [-0.15, -0.1) is 22.7 Å². The monoisotopic (exact) mass is 940 g/mol. The van der Waals surface area contributed by atoms with Crippen LogP contribution in [-0.4, -0.2) is 56.0 Å². The Morgan fingerprint density at radius 1 is 0.613 bits per heavy atom. The van der Waals surface area contributed by atoms with Gasteiger partial charge in [0.2, 0.25) is 0 Å². The fourth-order valence-corrected chi connectivity index (χ4v) is 10.1. The van der Waals surface area contributed by atoms with Gasteiger partial charge in [0.05, 0.1) is 63.7 Å². The number of allylic oxidation sites excluding steroid dienone is 1. The van der Waals surface area contributed by atoms with Crippen LogP contribution < -0.4 is 0 Å². The number of aromatic nitrogens is 4. The molecule has 0 saturated heterocycles. The molecular formula is C47H42Cl2N4O5S4. The van der Waals surface area contributed by atoms with Crippen molar-refractivity contribution >= 4 is 71.1 Å². The largest absolute Gasteiger partial charge is 0.372 e. The molecule has 0 bridgehead atoms. The average molecular weight is 942 g/mol. The number of rotatable bonds is 11. The SMILES string of the molecule is C=C(C)c1cc(-c2ccc(-c3cccc(S(C)(=O)=O)c3)s2)n(-c2ccccc2Cl)n1.COC(C)(C)c1cc(-c2ccc(-c3cccc(S(C)(=O)=O)c3)s2)n(-c2ccccc2Cl)n1. The zero-order chi connectivity index (χ0) is 44.6. The van der Waals surface area contributed by atoms with Gasteiger partial charge in [-0.05, 0) is 122 Å². The summed E-state index contributed by atoms with van der Waals surface area (Å²) in [5.41, 5.74) is 6.91. The molecule has 318 valence electrons. The van der Waals surface area contributed by atoms with Gasteiger partial charge in [0.15, 0.2) is 19.7 Å². The predicted octanol–water partition coefficient (Wildman–Crippen LogP) is 12.6. The molecule has 0 aliphatic rings. The Morgan fingerprint density at radius 3 is 1.48 bits per heavy atom. The van der Waals surface area contributed by atoms with E-state index in [1.54, 1.807) is 66.2 Å². The third-order valence-corrected chi connectivity index (χ3v) is 15.1. The van der Waals surface area contributed by atoms with Crippen LogP contribution in [-0.2, 0) is 30.0 Å². The number of thiophene rings is 2. The van der Waals surface area contributed by atoms with Gasteiger partial charge < -0.3 is 4.74 Å². The Hall–Kier alpha value is -5.12. The molecule has 8 aromatic rings. The second-order valence-electron chi connectivity index (χ2n) is 15.0. The van der Waals surface area contributed by atoms with Gasteiger partial charge in [-0.2, -0.15) is 10.2 Å². The minimum absolute atomic E-state index is 0.301. The molecule has 4 aromatic heterocycles. The minimum atomic E-state index is -3.28. The van der Waals surface area contributed by atoms with Gasteiger partial charge in [-0.1, -0.05) is 78.3 Å². The molecule has 0 saturated carbocycles. The molecule has 15 heteroatoms. The molecule has 9 nitrogen and oxygen atoms in total. The number of halogens is 2. The van der Waals surface area contributed by atoms with Gasteiger partial charge in [0.1, 0.15) is 5.60 Å². The summed E-state index contributed by atoms with van der Waals surface area (Å²) in [7, 11) is -4.89. The standard InChI is InChI=1S/C24H23ClN2O3S2.C23H19ClN2O2S2/c1-24(2,30-3)23-15-20(27(26-23)19-11-6-5-10-18(19)25)22-13-12-21(31-22)16-8-7-9-17(14-16)32(4,28)29;1-15(2)19-14-21(26(25-19)20-10-5-4-9-18(20)24)23-12-11-22(29-23)16-7-6-8-17(13-16)30(3,27)28/h5-15H,1-4H3;4-14H,1H2,2-3H3. The van der Waals surface area contributed by atoms with Crippen LogP contribution in [0, 0.1) is 0 Å². The maximum absolute atomic E-state index is 12.0. The van der Waals surface area contributed by atoms with E-state index in [4.69, 9.17) is 38.1 Å². The van der Waals surface area contributed by atoms with Crippen molar-refractivity contribution in [2.24, 2.45) is 0 Å². The topological polar surface area (TPSA) is 113 Å². The van der Waals surface area contributed by atoms with Crippen LogP contribution >= 0.6 is 45.9 Å². The molecule has 0 atom stereocenters. The highest BCUT2D eigenvalue weighted by atomic mass is 35.5. The first-order valence-electron chi connectivity index (χ1n) is 19.1. The molecule has 8 rings (SSSR count). The number of para-hydroxylation sites is 2. The number of nitrogens with zero attached hydrogens (tertiary/aromatic N) is 4. The van der Waals surface area contributed by atoms with Crippen molar-refractivity contribution in [2.45, 2.75) is 36.2 Å². The smallest absolute Gasteiger partial charge is 0.175 e. The quantitative estimate of drug-likeness (QED) is 0.127. The lowest BCUT2D eigenvalue weighted by Crippen LogP contribution is -2.20. The molecule has 0 amide bonds. The lowest BCUT2D eigenvalue weighted by molar-refractivity contribution is 0.0152. The van der Waals surface area contributed by atoms with Gasteiger partial charge >= 0.3 is 0 Å². The summed E-state index contributed by atoms with van der Waals surface area (Å²) in [5.74, 6) is 0. The van der Waals surface area contributed by atoms with E-state index in [1.807, 2.05) is 127 Å². The molecule has 0 N–H and O–H groups in total. The van der Waals surface area contributed by atoms with Crippen molar-refractivity contribution in [3.63, 3.8) is 0 Å². The van der Waals surface area contributed by atoms with Gasteiger partial charge in [0, 0.05) is 29.4 Å². The molecule has 0 spiro atoms. The summed E-state index contributed by atoms with van der Waals surface area (Å²) >= 11 is 16.1. The Balaban J connectivity index is 0.000000187. The van der Waals surface area contributed by atoms with Gasteiger partial charge in [-0.3, -0.25) is 0 Å². The highest BCUT2D eigenvalue weighted by Crippen LogP contribution is 2.40. The number of benzene rings is 4. The third kappa shape index (κ3) is 9.74. The maximum atomic E-state index is 12.0. The number of sulfone groups is 2. The Morgan fingerprint density at radius 2 is 1.05 bits per heavy atom. The number of hydrogen-bond donors (Lipinski definition) is 0. The molecule has 0 aliphatic carbocycles. The summed E-state index contributed by atoms with van der Waals surface area (Å²) in [6, 6.07) is 41.1. The molecule has 4 heterocycles. The van der Waals surface area contributed by atoms with E-state index in [0.29, 0.717) is 19.8 Å². The van der Waals surface area contributed by atoms with E-state index in [1.165, 1.54) is 12.5 Å². The summed E-state index contributed by atoms with van der Waals surface area (Å²) < 4.78 is 57.1. The van der Waals surface area contributed by atoms with Crippen molar-refractivity contribution in [3.05, 3.63) is 161 Å². The fraction of sp³-hybridized carbons (Fsp3) is 0.149. The molecule has 0 aliphatic heterocycles. The highest BCUT2D eigenvalue weighted by Gasteiger charge is 2.27. The van der Waals surface area contributed by atoms with E-state index in [0.717, 1.165) is 70.4 Å². The molecule has 0 radical (unpaired) electrons. The minimum Gasteiger partial charge on any atom is -0.372 e.